The second-order valence-corrected chi connectivity index (χ2v) is 10.3. The van der Waals surface area contributed by atoms with Crippen molar-refractivity contribution >= 4 is 11.8 Å². The quantitative estimate of drug-likeness (QED) is 0.295. The number of carbonyl (C=O) groups excluding carboxylic acids is 2. The Morgan fingerprint density at radius 2 is 1.52 bits per heavy atom. The van der Waals surface area contributed by atoms with Crippen LogP contribution in [-0.2, 0) is 21.7 Å². The second-order valence-electron chi connectivity index (χ2n) is 10.3. The fraction of sp³-hybridized carbons (Fsp3) is 0.235. The molecule has 1 saturated carbocycles. The molecule has 2 aliphatic rings. The largest absolute Gasteiger partial charge is 0.497 e. The van der Waals surface area contributed by atoms with E-state index in [4.69, 9.17) is 23.7 Å². The van der Waals surface area contributed by atoms with Gasteiger partial charge in [-0.05, 0) is 28.8 Å². The van der Waals surface area contributed by atoms with E-state index in [1.165, 1.54) is 14.2 Å². The van der Waals surface area contributed by atoms with E-state index in [0.29, 0.717) is 22.6 Å². The molecule has 1 aliphatic heterocycles. The Bertz CT molecular complexity index is 1620. The Balaban J connectivity index is 1.55. The number of rotatable bonds is 8. The monoisotopic (exact) mass is 566 g/mol. The molecule has 0 amide bonds. The molecule has 1 aliphatic carbocycles. The van der Waals surface area contributed by atoms with Gasteiger partial charge in [-0.25, -0.2) is 0 Å². The molecule has 8 heteroatoms. The van der Waals surface area contributed by atoms with Crippen molar-refractivity contribution in [1.29, 1.82) is 0 Å². The van der Waals surface area contributed by atoms with E-state index in [0.717, 1.165) is 5.56 Å². The van der Waals surface area contributed by atoms with Crippen molar-refractivity contribution in [3.05, 3.63) is 119 Å². The molecule has 1 fully saturated rings. The molecule has 4 aromatic rings. The number of ketones is 1. The van der Waals surface area contributed by atoms with Crippen LogP contribution in [0, 0.1) is 5.92 Å². The van der Waals surface area contributed by atoms with Crippen molar-refractivity contribution in [3.63, 3.8) is 0 Å². The lowest BCUT2D eigenvalue weighted by atomic mass is 9.44. The molecule has 0 spiro atoms. The number of esters is 1. The summed E-state index contributed by atoms with van der Waals surface area (Å²) in [5.74, 6) is -2.13. The van der Waals surface area contributed by atoms with Gasteiger partial charge in [0.15, 0.2) is 11.2 Å². The molecule has 214 valence electrons. The maximum Gasteiger partial charge on any atom is 0.313 e. The molecule has 1 heterocycles. The molecule has 0 saturated heterocycles. The molecule has 6 rings (SSSR count). The number of benzene rings is 4. The van der Waals surface area contributed by atoms with E-state index in [2.05, 4.69) is 0 Å². The van der Waals surface area contributed by atoms with E-state index >= 15 is 0 Å². The van der Waals surface area contributed by atoms with Gasteiger partial charge in [-0.15, -0.1) is 0 Å². The summed E-state index contributed by atoms with van der Waals surface area (Å²) in [5.41, 5.74) is -1.83. The van der Waals surface area contributed by atoms with Crippen LogP contribution in [0.25, 0.3) is 0 Å². The van der Waals surface area contributed by atoms with Gasteiger partial charge in [0.2, 0.25) is 5.78 Å². The number of Topliss-reactive ketones (excluding diaryl/α,β-unsaturated/α-hetero) is 1. The maximum absolute atomic E-state index is 14.5. The van der Waals surface area contributed by atoms with Crippen molar-refractivity contribution in [1.82, 2.24) is 0 Å². The summed E-state index contributed by atoms with van der Waals surface area (Å²) in [7, 11) is 4.21. The standard InChI is InChI=1S/C34H30O8/c1-38-24-16-14-23(15-17-24)34-29(22-12-8-5-9-13-22)30(32(36)40-3)33(34,37)31(35)28-26(39-2)18-25(19-27(28)42-34)41-20-21-10-6-4-7-11-21/h4-19,29-30,37H,20H2,1-3H3/t29-,30+,33-,34+/m1/s1. The van der Waals surface area contributed by atoms with E-state index in [1.54, 1.807) is 43.5 Å². The number of fused-ring (bicyclic) bond motifs is 2. The smallest absolute Gasteiger partial charge is 0.313 e. The Hall–Kier alpha value is -4.82. The fourth-order valence-corrected chi connectivity index (χ4v) is 6.34. The third-order valence-corrected chi connectivity index (χ3v) is 8.27. The third kappa shape index (κ3) is 3.94. The highest BCUT2D eigenvalue weighted by molar-refractivity contribution is 6.13. The van der Waals surface area contributed by atoms with E-state index in [-0.39, 0.29) is 23.7 Å². The van der Waals surface area contributed by atoms with Crippen molar-refractivity contribution in [3.8, 4) is 23.0 Å². The van der Waals surface area contributed by atoms with Crippen LogP contribution in [0.5, 0.6) is 23.0 Å². The number of hydrogen-bond donors (Lipinski definition) is 1. The van der Waals surface area contributed by atoms with Crippen LogP contribution in [0.4, 0.5) is 0 Å². The van der Waals surface area contributed by atoms with Gasteiger partial charge in [0.25, 0.3) is 0 Å². The van der Waals surface area contributed by atoms with E-state index in [9.17, 15) is 14.7 Å². The topological polar surface area (TPSA) is 101 Å². The zero-order chi connectivity index (χ0) is 29.5. The number of hydrogen-bond acceptors (Lipinski definition) is 8. The van der Waals surface area contributed by atoms with Crippen LogP contribution in [0.2, 0.25) is 0 Å². The lowest BCUT2D eigenvalue weighted by Crippen LogP contribution is -2.80. The van der Waals surface area contributed by atoms with Gasteiger partial charge in [-0.1, -0.05) is 72.8 Å². The highest BCUT2D eigenvalue weighted by Crippen LogP contribution is 2.69. The molecule has 4 atom stereocenters. The molecular weight excluding hydrogens is 536 g/mol. The Morgan fingerprint density at radius 3 is 2.14 bits per heavy atom. The number of aliphatic hydroxyl groups is 1. The Kier molecular flexibility index (Phi) is 6.86. The first-order valence-electron chi connectivity index (χ1n) is 13.5. The van der Waals surface area contributed by atoms with Crippen LogP contribution >= 0.6 is 0 Å². The first-order valence-corrected chi connectivity index (χ1v) is 13.5. The minimum Gasteiger partial charge on any atom is -0.497 e. The molecule has 1 N–H and O–H groups in total. The normalized spacial score (nSPS) is 23.9. The molecule has 4 aromatic carbocycles. The Labute approximate surface area is 243 Å². The molecule has 0 radical (unpaired) electrons. The van der Waals surface area contributed by atoms with Crippen LogP contribution in [0.1, 0.15) is 33.0 Å². The average molecular weight is 567 g/mol. The first kappa shape index (κ1) is 27.4. The summed E-state index contributed by atoms with van der Waals surface area (Å²) in [5, 5.41) is 12.5. The molecular formula is C34H30O8. The SMILES string of the molecule is COC(=O)[C@@H]1[C@@H](c2ccccc2)[C@]2(c3ccc(OC)cc3)Oc3cc(OCc4ccccc4)cc(OC)c3C(=O)[C@]12O. The number of carbonyl (C=O) groups is 2. The van der Waals surface area contributed by atoms with Crippen molar-refractivity contribution < 1.29 is 38.4 Å². The third-order valence-electron chi connectivity index (χ3n) is 8.27. The van der Waals surface area contributed by atoms with Crippen molar-refractivity contribution in [2.75, 3.05) is 21.3 Å². The van der Waals surface area contributed by atoms with Gasteiger partial charge in [0, 0.05) is 18.1 Å². The van der Waals surface area contributed by atoms with Gasteiger partial charge >= 0.3 is 5.97 Å². The van der Waals surface area contributed by atoms with Crippen LogP contribution in [0.3, 0.4) is 0 Å². The predicted octanol–water partition coefficient (Wildman–Crippen LogP) is 5.07. The minimum absolute atomic E-state index is 0.0246. The van der Waals surface area contributed by atoms with Crippen molar-refractivity contribution in [2.24, 2.45) is 5.92 Å². The highest BCUT2D eigenvalue weighted by atomic mass is 16.5. The summed E-state index contributed by atoms with van der Waals surface area (Å²) >= 11 is 0. The fourth-order valence-electron chi connectivity index (χ4n) is 6.34. The number of methoxy groups -OCH3 is 3. The summed E-state index contributed by atoms with van der Waals surface area (Å²) in [4.78, 5) is 27.8. The van der Waals surface area contributed by atoms with E-state index < -0.39 is 34.8 Å². The van der Waals surface area contributed by atoms with Gasteiger partial charge in [-0.3, -0.25) is 9.59 Å². The molecule has 0 bridgehead atoms. The highest BCUT2D eigenvalue weighted by Gasteiger charge is 2.82. The molecule has 0 unspecified atom stereocenters. The second kappa shape index (κ2) is 10.5. The van der Waals surface area contributed by atoms with Gasteiger partial charge in [0.1, 0.15) is 41.1 Å². The summed E-state index contributed by atoms with van der Waals surface area (Å²) in [6, 6.07) is 29.0. The predicted molar refractivity (Wildman–Crippen MR) is 153 cm³/mol. The minimum atomic E-state index is -2.32. The lowest BCUT2D eigenvalue weighted by Gasteiger charge is -2.65. The van der Waals surface area contributed by atoms with Crippen molar-refractivity contribution in [2.45, 2.75) is 23.7 Å². The van der Waals surface area contributed by atoms with Crippen LogP contribution in [0.15, 0.2) is 97.1 Å². The zero-order valence-electron chi connectivity index (χ0n) is 23.4. The molecule has 8 nitrogen and oxygen atoms in total. The molecule has 0 aromatic heterocycles. The zero-order valence-corrected chi connectivity index (χ0v) is 23.4. The van der Waals surface area contributed by atoms with Gasteiger partial charge in [-0.2, -0.15) is 0 Å². The first-order chi connectivity index (χ1) is 20.4. The summed E-state index contributed by atoms with van der Waals surface area (Å²) < 4.78 is 29.0. The summed E-state index contributed by atoms with van der Waals surface area (Å²) in [6.45, 7) is 0.279. The summed E-state index contributed by atoms with van der Waals surface area (Å²) in [6.07, 6.45) is 0. The Morgan fingerprint density at radius 1 is 0.857 bits per heavy atom. The average Bonchev–Trinajstić information content (AvgIpc) is 3.04. The van der Waals surface area contributed by atoms with Crippen LogP contribution in [-0.4, -0.2) is 43.8 Å². The van der Waals surface area contributed by atoms with E-state index in [1.807, 2.05) is 60.7 Å². The lowest BCUT2D eigenvalue weighted by molar-refractivity contribution is -0.251. The van der Waals surface area contributed by atoms with Gasteiger partial charge < -0.3 is 28.8 Å². The maximum atomic E-state index is 14.5. The number of ether oxygens (including phenoxy) is 5. The molecule has 42 heavy (non-hydrogen) atoms. The van der Waals surface area contributed by atoms with Crippen LogP contribution < -0.4 is 18.9 Å². The van der Waals surface area contributed by atoms with Gasteiger partial charge in [0.05, 0.1) is 21.3 Å².